The molecule has 0 spiro atoms. The lowest BCUT2D eigenvalue weighted by molar-refractivity contribution is -0.121. The van der Waals surface area contributed by atoms with Crippen LogP contribution in [0.1, 0.15) is 5.69 Å². The van der Waals surface area contributed by atoms with Crippen molar-refractivity contribution in [2.24, 2.45) is 0 Å². The highest BCUT2D eigenvalue weighted by Crippen LogP contribution is 1.98. The molecule has 14 heavy (non-hydrogen) atoms. The fraction of sp³-hybridized carbons (Fsp3) is 0.333. The van der Waals surface area contributed by atoms with Gasteiger partial charge in [0.1, 0.15) is 6.54 Å². The van der Waals surface area contributed by atoms with E-state index in [4.69, 9.17) is 0 Å². The topological polar surface area (TPSA) is 51.1 Å². The largest absolute Gasteiger partial charge is 0.351 e. The van der Waals surface area contributed by atoms with Gasteiger partial charge in [0.05, 0.1) is 0 Å². The van der Waals surface area contributed by atoms with E-state index in [-0.39, 0.29) is 17.3 Å². The van der Waals surface area contributed by atoms with Crippen molar-refractivity contribution in [1.82, 2.24) is 9.88 Å². The second-order valence-electron chi connectivity index (χ2n) is 2.82. The third-order valence-electron chi connectivity index (χ3n) is 1.72. The van der Waals surface area contributed by atoms with Crippen LogP contribution in [0.5, 0.6) is 0 Å². The van der Waals surface area contributed by atoms with Crippen LogP contribution < -0.4 is 10.2 Å². The lowest BCUT2D eigenvalue weighted by Crippen LogP contribution is -2.31. The summed E-state index contributed by atoms with van der Waals surface area (Å²) in [5.74, 6) is -0.173. The Hall–Kier alpha value is -1.36. The quantitative estimate of drug-likeness (QED) is 0.740. The number of nitrogens with zero attached hydrogens (tertiary/aromatic N) is 1. The van der Waals surface area contributed by atoms with Gasteiger partial charge in [0, 0.05) is 17.6 Å². The standard InChI is InChI=1S/C9H12N2O2S/c1-3-4-10-8(12)5-11-7(2)6-14-9(11)13/h3,6H,1,4-5H2,2H3,(H,10,12). The third-order valence-corrected chi connectivity index (χ3v) is 2.60. The minimum Gasteiger partial charge on any atom is -0.351 e. The Morgan fingerprint density at radius 1 is 1.79 bits per heavy atom. The first-order valence-corrected chi connectivity index (χ1v) is 5.05. The molecule has 1 aromatic rings. The van der Waals surface area contributed by atoms with Crippen LogP contribution >= 0.6 is 11.3 Å². The van der Waals surface area contributed by atoms with Gasteiger partial charge in [0.15, 0.2) is 0 Å². The Morgan fingerprint density at radius 3 is 3.00 bits per heavy atom. The molecule has 1 amide bonds. The molecule has 0 aromatic carbocycles. The average Bonchev–Trinajstić information content (AvgIpc) is 2.46. The van der Waals surface area contributed by atoms with Gasteiger partial charge < -0.3 is 5.32 Å². The van der Waals surface area contributed by atoms with Crippen molar-refractivity contribution in [3.05, 3.63) is 33.4 Å². The molecule has 0 bridgehead atoms. The first-order valence-electron chi connectivity index (χ1n) is 4.17. The number of carbonyl (C=O) groups is 1. The molecule has 76 valence electrons. The molecular weight excluding hydrogens is 200 g/mol. The zero-order valence-corrected chi connectivity index (χ0v) is 8.76. The Morgan fingerprint density at radius 2 is 2.50 bits per heavy atom. The van der Waals surface area contributed by atoms with Gasteiger partial charge >= 0.3 is 4.87 Å². The molecule has 0 atom stereocenters. The van der Waals surface area contributed by atoms with E-state index in [0.29, 0.717) is 6.54 Å². The summed E-state index contributed by atoms with van der Waals surface area (Å²) in [6.07, 6.45) is 1.60. The third kappa shape index (κ3) is 2.56. The van der Waals surface area contributed by atoms with Crippen molar-refractivity contribution in [3.63, 3.8) is 0 Å². The van der Waals surface area contributed by atoms with E-state index < -0.39 is 0 Å². The highest BCUT2D eigenvalue weighted by Gasteiger charge is 2.06. The Bertz CT molecular complexity index is 392. The van der Waals surface area contributed by atoms with Crippen LogP contribution in [0, 0.1) is 6.92 Å². The second-order valence-corrected chi connectivity index (χ2v) is 3.64. The Kier molecular flexibility index (Phi) is 3.64. The van der Waals surface area contributed by atoms with Gasteiger partial charge in [-0.2, -0.15) is 0 Å². The number of thiazole rings is 1. The summed E-state index contributed by atoms with van der Waals surface area (Å²) in [6.45, 7) is 5.80. The van der Waals surface area contributed by atoms with Gasteiger partial charge in [0.25, 0.3) is 0 Å². The average molecular weight is 212 g/mol. The lowest BCUT2D eigenvalue weighted by atomic mass is 10.5. The summed E-state index contributed by atoms with van der Waals surface area (Å²) in [6, 6.07) is 0. The van der Waals surface area contributed by atoms with Gasteiger partial charge in [-0.3, -0.25) is 14.2 Å². The second kappa shape index (κ2) is 4.76. The molecule has 1 heterocycles. The number of carbonyl (C=O) groups excluding carboxylic acids is 1. The maximum absolute atomic E-state index is 11.3. The van der Waals surface area contributed by atoms with Crippen LogP contribution in [0.3, 0.4) is 0 Å². The summed E-state index contributed by atoms with van der Waals surface area (Å²) >= 11 is 1.10. The zero-order chi connectivity index (χ0) is 10.6. The minimum absolute atomic E-state index is 0.0853. The number of rotatable bonds is 4. The number of amides is 1. The van der Waals surface area contributed by atoms with Crippen LogP contribution in [0.4, 0.5) is 0 Å². The molecule has 5 heteroatoms. The predicted octanol–water partition coefficient (Wildman–Crippen LogP) is 0.520. The number of nitrogens with one attached hydrogen (secondary N) is 1. The van der Waals surface area contributed by atoms with Crippen molar-refractivity contribution in [2.75, 3.05) is 6.54 Å². The zero-order valence-electron chi connectivity index (χ0n) is 7.95. The van der Waals surface area contributed by atoms with Gasteiger partial charge in [-0.05, 0) is 6.92 Å². The predicted molar refractivity (Wildman–Crippen MR) is 56.5 cm³/mol. The van der Waals surface area contributed by atoms with Gasteiger partial charge in [-0.25, -0.2) is 0 Å². The smallest absolute Gasteiger partial charge is 0.307 e. The van der Waals surface area contributed by atoms with E-state index in [1.807, 2.05) is 0 Å². The van der Waals surface area contributed by atoms with Crippen LogP contribution in [-0.4, -0.2) is 17.0 Å². The number of aryl methyl sites for hydroxylation is 1. The molecule has 0 aliphatic carbocycles. The van der Waals surface area contributed by atoms with E-state index in [9.17, 15) is 9.59 Å². The van der Waals surface area contributed by atoms with E-state index in [1.54, 1.807) is 18.4 Å². The van der Waals surface area contributed by atoms with Crippen LogP contribution in [0.25, 0.3) is 0 Å². The summed E-state index contributed by atoms with van der Waals surface area (Å²) in [5.41, 5.74) is 0.814. The molecule has 1 rings (SSSR count). The molecular formula is C9H12N2O2S. The molecule has 1 N–H and O–H groups in total. The Labute approximate surface area is 85.9 Å². The fourth-order valence-electron chi connectivity index (χ4n) is 0.982. The molecule has 0 fully saturated rings. The number of aromatic nitrogens is 1. The van der Waals surface area contributed by atoms with Crippen LogP contribution in [0.15, 0.2) is 22.8 Å². The molecule has 0 aliphatic heterocycles. The Balaban J connectivity index is 2.64. The maximum atomic E-state index is 11.3. The first kappa shape index (κ1) is 10.7. The van der Waals surface area contributed by atoms with E-state index in [1.165, 1.54) is 4.57 Å². The van der Waals surface area contributed by atoms with Crippen LogP contribution in [-0.2, 0) is 11.3 Å². The molecule has 1 aromatic heterocycles. The summed E-state index contributed by atoms with van der Waals surface area (Å²) in [4.78, 5) is 22.4. The van der Waals surface area contributed by atoms with E-state index >= 15 is 0 Å². The molecule has 0 saturated heterocycles. The maximum Gasteiger partial charge on any atom is 0.307 e. The SMILES string of the molecule is C=CCNC(=O)Cn1c(C)csc1=O. The molecule has 4 nitrogen and oxygen atoms in total. The summed E-state index contributed by atoms with van der Waals surface area (Å²) in [5, 5.41) is 4.35. The van der Waals surface area contributed by atoms with Crippen molar-refractivity contribution in [2.45, 2.75) is 13.5 Å². The van der Waals surface area contributed by atoms with Crippen molar-refractivity contribution in [3.8, 4) is 0 Å². The highest BCUT2D eigenvalue weighted by molar-refractivity contribution is 7.07. The van der Waals surface area contributed by atoms with E-state index in [0.717, 1.165) is 17.0 Å². The minimum atomic E-state index is -0.173. The van der Waals surface area contributed by atoms with Crippen molar-refractivity contribution >= 4 is 17.2 Å². The van der Waals surface area contributed by atoms with Gasteiger partial charge in [-0.1, -0.05) is 17.4 Å². The fourth-order valence-corrected chi connectivity index (χ4v) is 1.72. The van der Waals surface area contributed by atoms with Crippen LogP contribution in [0.2, 0.25) is 0 Å². The molecule has 0 unspecified atom stereocenters. The summed E-state index contributed by atoms with van der Waals surface area (Å²) in [7, 11) is 0. The lowest BCUT2D eigenvalue weighted by Gasteiger charge is -2.03. The summed E-state index contributed by atoms with van der Waals surface area (Å²) < 4.78 is 1.45. The van der Waals surface area contributed by atoms with E-state index in [2.05, 4.69) is 11.9 Å². The molecule has 0 aliphatic rings. The monoisotopic (exact) mass is 212 g/mol. The number of hydrogen-bond donors (Lipinski definition) is 1. The molecule has 0 saturated carbocycles. The van der Waals surface area contributed by atoms with Gasteiger partial charge in [-0.15, -0.1) is 6.58 Å². The van der Waals surface area contributed by atoms with Crippen molar-refractivity contribution < 1.29 is 4.79 Å². The highest BCUT2D eigenvalue weighted by atomic mass is 32.1. The van der Waals surface area contributed by atoms with Crippen molar-refractivity contribution in [1.29, 1.82) is 0 Å². The molecule has 0 radical (unpaired) electrons. The normalized spacial score (nSPS) is 9.79. The first-order chi connectivity index (χ1) is 6.65. The van der Waals surface area contributed by atoms with Gasteiger partial charge in [0.2, 0.25) is 5.91 Å². The number of hydrogen-bond acceptors (Lipinski definition) is 3.